The van der Waals surface area contributed by atoms with Crippen molar-refractivity contribution >= 4 is 11.9 Å². The zero-order valence-electron chi connectivity index (χ0n) is 13.1. The molecule has 1 amide bonds. The number of anilines is 1. The quantitative estimate of drug-likeness (QED) is 0.816. The molecular formula is C15H22N4O3. The van der Waals surface area contributed by atoms with Gasteiger partial charge in [-0.05, 0) is 12.8 Å². The molecule has 1 aromatic rings. The third-order valence-corrected chi connectivity index (χ3v) is 4.38. The van der Waals surface area contributed by atoms with E-state index in [4.69, 9.17) is 9.47 Å². The number of ether oxygens (including phenoxy) is 2. The van der Waals surface area contributed by atoms with Crippen LogP contribution in [-0.2, 0) is 9.53 Å². The molecule has 3 heterocycles. The van der Waals surface area contributed by atoms with Crippen molar-refractivity contribution < 1.29 is 14.3 Å². The molecule has 0 aromatic carbocycles. The van der Waals surface area contributed by atoms with Crippen LogP contribution < -0.4 is 9.64 Å². The van der Waals surface area contributed by atoms with Crippen LogP contribution in [0.5, 0.6) is 5.88 Å². The van der Waals surface area contributed by atoms with Crippen molar-refractivity contribution in [2.24, 2.45) is 0 Å². The molecule has 2 fully saturated rings. The topological polar surface area (TPSA) is 67.8 Å². The lowest BCUT2D eigenvalue weighted by Crippen LogP contribution is -2.45. The third-order valence-electron chi connectivity index (χ3n) is 4.38. The van der Waals surface area contributed by atoms with Crippen LogP contribution in [-0.4, -0.2) is 66.8 Å². The Morgan fingerprint density at radius 2 is 2.09 bits per heavy atom. The maximum Gasteiger partial charge on any atom is 0.245 e. The van der Waals surface area contributed by atoms with E-state index in [0.29, 0.717) is 24.8 Å². The van der Waals surface area contributed by atoms with Gasteiger partial charge in [0.2, 0.25) is 17.7 Å². The van der Waals surface area contributed by atoms with E-state index in [1.165, 1.54) is 0 Å². The lowest BCUT2D eigenvalue weighted by atomic mass is 10.1. The summed E-state index contributed by atoms with van der Waals surface area (Å²) in [6.07, 6.45) is 4.51. The highest BCUT2D eigenvalue weighted by molar-refractivity contribution is 5.85. The Morgan fingerprint density at radius 3 is 2.77 bits per heavy atom. The number of methoxy groups -OCH3 is 2. The largest absolute Gasteiger partial charge is 0.481 e. The zero-order valence-corrected chi connectivity index (χ0v) is 13.1. The normalized spacial score (nSPS) is 24.8. The molecule has 0 spiro atoms. The van der Waals surface area contributed by atoms with Gasteiger partial charge >= 0.3 is 0 Å². The standard InChI is InChI=1S/C15H22N4O3/c1-21-11-9-12(14(20)18-7-3-4-8-18)19(10-11)15-16-6-5-13(17-15)22-2/h5-6,11-12H,3-4,7-10H2,1-2H3/t11-,12-/m0/s1. The summed E-state index contributed by atoms with van der Waals surface area (Å²) in [5, 5.41) is 0. The average molecular weight is 306 g/mol. The van der Waals surface area contributed by atoms with Crippen LogP contribution in [0.25, 0.3) is 0 Å². The SMILES string of the molecule is COc1ccnc(N2C[C@@H](OC)C[C@H]2C(=O)N2CCCC2)n1. The van der Waals surface area contributed by atoms with Crippen LogP contribution in [0.1, 0.15) is 19.3 Å². The Kier molecular flexibility index (Phi) is 4.42. The van der Waals surface area contributed by atoms with Crippen molar-refractivity contribution in [1.82, 2.24) is 14.9 Å². The molecule has 22 heavy (non-hydrogen) atoms. The summed E-state index contributed by atoms with van der Waals surface area (Å²) in [6, 6.07) is 1.44. The fourth-order valence-corrected chi connectivity index (χ4v) is 3.16. The van der Waals surface area contributed by atoms with E-state index in [2.05, 4.69) is 9.97 Å². The van der Waals surface area contributed by atoms with E-state index in [0.717, 1.165) is 25.9 Å². The Morgan fingerprint density at radius 1 is 1.32 bits per heavy atom. The molecule has 0 aliphatic carbocycles. The number of aromatic nitrogens is 2. The van der Waals surface area contributed by atoms with E-state index in [-0.39, 0.29) is 18.1 Å². The summed E-state index contributed by atoms with van der Waals surface area (Å²) in [4.78, 5) is 25.3. The van der Waals surface area contributed by atoms with Crippen molar-refractivity contribution in [3.8, 4) is 5.88 Å². The molecule has 0 bridgehead atoms. The summed E-state index contributed by atoms with van der Waals surface area (Å²) < 4.78 is 10.6. The first-order valence-corrected chi connectivity index (χ1v) is 7.68. The van der Waals surface area contributed by atoms with Crippen molar-refractivity contribution in [3.63, 3.8) is 0 Å². The summed E-state index contributed by atoms with van der Waals surface area (Å²) in [5.41, 5.74) is 0. The Hall–Kier alpha value is -1.89. The lowest BCUT2D eigenvalue weighted by molar-refractivity contribution is -0.131. The van der Waals surface area contributed by atoms with E-state index in [9.17, 15) is 4.79 Å². The van der Waals surface area contributed by atoms with Gasteiger partial charge in [0.15, 0.2) is 0 Å². The summed E-state index contributed by atoms with van der Waals surface area (Å²) >= 11 is 0. The number of carbonyl (C=O) groups excluding carboxylic acids is 1. The van der Waals surface area contributed by atoms with Crippen molar-refractivity contribution in [2.75, 3.05) is 38.8 Å². The van der Waals surface area contributed by atoms with Gasteiger partial charge in [-0.2, -0.15) is 4.98 Å². The molecule has 3 rings (SSSR count). The number of nitrogens with zero attached hydrogens (tertiary/aromatic N) is 4. The number of likely N-dealkylation sites (tertiary alicyclic amines) is 1. The summed E-state index contributed by atoms with van der Waals surface area (Å²) in [6.45, 7) is 2.31. The predicted octanol–water partition coefficient (Wildman–Crippen LogP) is 0.701. The Labute approximate surface area is 130 Å². The third kappa shape index (κ3) is 2.85. The average Bonchev–Trinajstić information content (AvgIpc) is 3.23. The fourth-order valence-electron chi connectivity index (χ4n) is 3.16. The van der Waals surface area contributed by atoms with Gasteiger partial charge in [0.05, 0.1) is 13.2 Å². The van der Waals surface area contributed by atoms with Crippen LogP contribution in [0, 0.1) is 0 Å². The van der Waals surface area contributed by atoms with Crippen molar-refractivity contribution in [2.45, 2.75) is 31.4 Å². The monoisotopic (exact) mass is 306 g/mol. The van der Waals surface area contributed by atoms with Crippen molar-refractivity contribution in [1.29, 1.82) is 0 Å². The summed E-state index contributed by atoms with van der Waals surface area (Å²) in [7, 11) is 3.25. The molecule has 2 aliphatic rings. The van der Waals surface area contributed by atoms with Crippen LogP contribution in [0.2, 0.25) is 0 Å². The Balaban J connectivity index is 1.83. The van der Waals surface area contributed by atoms with Gasteiger partial charge in [-0.3, -0.25) is 4.79 Å². The lowest BCUT2D eigenvalue weighted by Gasteiger charge is -2.27. The van der Waals surface area contributed by atoms with Gasteiger partial charge in [0.1, 0.15) is 6.04 Å². The van der Waals surface area contributed by atoms with Gasteiger partial charge in [0, 0.05) is 45.4 Å². The van der Waals surface area contributed by atoms with Crippen LogP contribution in [0.3, 0.4) is 0 Å². The molecule has 0 radical (unpaired) electrons. The number of hydrogen-bond acceptors (Lipinski definition) is 6. The molecule has 2 aliphatic heterocycles. The molecule has 120 valence electrons. The summed E-state index contributed by atoms with van der Waals surface area (Å²) in [5.74, 6) is 1.18. The minimum atomic E-state index is -0.254. The first-order chi connectivity index (χ1) is 10.7. The minimum absolute atomic E-state index is 0.0198. The minimum Gasteiger partial charge on any atom is -0.481 e. The molecule has 2 atom stereocenters. The molecule has 0 saturated carbocycles. The van der Waals surface area contributed by atoms with Gasteiger partial charge in [0.25, 0.3) is 0 Å². The van der Waals surface area contributed by atoms with E-state index >= 15 is 0 Å². The van der Waals surface area contributed by atoms with Crippen LogP contribution >= 0.6 is 0 Å². The van der Waals surface area contributed by atoms with Gasteiger partial charge in [-0.25, -0.2) is 4.98 Å². The highest BCUT2D eigenvalue weighted by atomic mass is 16.5. The molecule has 1 aromatic heterocycles. The number of hydrogen-bond donors (Lipinski definition) is 0. The predicted molar refractivity (Wildman–Crippen MR) is 80.9 cm³/mol. The smallest absolute Gasteiger partial charge is 0.245 e. The number of rotatable bonds is 4. The number of amides is 1. The maximum atomic E-state index is 12.8. The van der Waals surface area contributed by atoms with Crippen LogP contribution in [0.4, 0.5) is 5.95 Å². The second-order valence-electron chi connectivity index (χ2n) is 5.69. The first kappa shape index (κ1) is 15.0. The molecule has 2 saturated heterocycles. The number of carbonyl (C=O) groups is 1. The fraction of sp³-hybridized carbons (Fsp3) is 0.667. The van der Waals surface area contributed by atoms with Crippen molar-refractivity contribution in [3.05, 3.63) is 12.3 Å². The van der Waals surface area contributed by atoms with Gasteiger partial charge in [-0.1, -0.05) is 0 Å². The van der Waals surface area contributed by atoms with E-state index in [1.54, 1.807) is 26.5 Å². The van der Waals surface area contributed by atoms with Crippen LogP contribution in [0.15, 0.2) is 12.3 Å². The molecule has 7 nitrogen and oxygen atoms in total. The Bertz CT molecular complexity index is 533. The molecule has 0 N–H and O–H groups in total. The highest BCUT2D eigenvalue weighted by Crippen LogP contribution is 2.27. The molecular weight excluding hydrogens is 284 g/mol. The highest BCUT2D eigenvalue weighted by Gasteiger charge is 2.40. The maximum absolute atomic E-state index is 12.8. The second-order valence-corrected chi connectivity index (χ2v) is 5.69. The zero-order chi connectivity index (χ0) is 15.5. The van der Waals surface area contributed by atoms with E-state index < -0.39 is 0 Å². The van der Waals surface area contributed by atoms with E-state index in [1.807, 2.05) is 9.80 Å². The molecule has 7 heteroatoms. The van der Waals surface area contributed by atoms with Gasteiger partial charge in [-0.15, -0.1) is 0 Å². The second kappa shape index (κ2) is 6.48. The molecule has 0 unspecified atom stereocenters. The first-order valence-electron chi connectivity index (χ1n) is 7.68. The van der Waals surface area contributed by atoms with Gasteiger partial charge < -0.3 is 19.3 Å².